The summed E-state index contributed by atoms with van der Waals surface area (Å²) in [6.45, 7) is 5.81. The zero-order chi connectivity index (χ0) is 23.9. The van der Waals surface area contributed by atoms with Crippen molar-refractivity contribution in [3.8, 4) is 11.4 Å². The third-order valence-electron chi connectivity index (χ3n) is 6.20. The first-order valence-corrected chi connectivity index (χ1v) is 13.1. The maximum Gasteiger partial charge on any atom is 0.215 e. The predicted octanol–water partition coefficient (Wildman–Crippen LogP) is 5.31. The number of nitrogens with zero attached hydrogens (tertiary/aromatic N) is 2. The molecule has 1 heterocycles. The van der Waals surface area contributed by atoms with Gasteiger partial charge in [-0.25, -0.2) is 17.8 Å². The van der Waals surface area contributed by atoms with Crippen LogP contribution in [-0.2, 0) is 10.0 Å². The summed E-state index contributed by atoms with van der Waals surface area (Å²) in [5.41, 5.74) is 3.21. The van der Waals surface area contributed by atoms with Gasteiger partial charge in [-0.15, -0.1) is 0 Å². The lowest BCUT2D eigenvalue weighted by Crippen LogP contribution is -2.50. The fourth-order valence-electron chi connectivity index (χ4n) is 4.25. The second kappa shape index (κ2) is 8.56. The Bertz CT molecular complexity index is 1410. The molecule has 0 aliphatic heterocycles. The molecule has 34 heavy (non-hydrogen) atoms. The Kier molecular flexibility index (Phi) is 5.70. The molecule has 4 aromatic rings. The van der Waals surface area contributed by atoms with Crippen LogP contribution < -0.4 is 9.46 Å². The molecule has 0 radical (unpaired) electrons. The van der Waals surface area contributed by atoms with Gasteiger partial charge < -0.3 is 4.74 Å². The molecule has 0 bridgehead atoms. The molecule has 1 N–H and O–H groups in total. The quantitative estimate of drug-likeness (QED) is 0.375. The van der Waals surface area contributed by atoms with Crippen molar-refractivity contribution in [2.24, 2.45) is 0 Å². The highest BCUT2D eigenvalue weighted by Crippen LogP contribution is 2.36. The molecule has 176 valence electrons. The van der Waals surface area contributed by atoms with Crippen LogP contribution in [0.4, 0.5) is 0 Å². The summed E-state index contributed by atoms with van der Waals surface area (Å²) < 4.78 is 36.8. The highest BCUT2D eigenvalue weighted by molar-refractivity contribution is 7.90. The van der Waals surface area contributed by atoms with E-state index in [1.165, 1.54) is 5.56 Å². The van der Waals surface area contributed by atoms with Crippen molar-refractivity contribution >= 4 is 20.9 Å². The van der Waals surface area contributed by atoms with Crippen molar-refractivity contribution in [1.82, 2.24) is 14.5 Å². The van der Waals surface area contributed by atoms with Gasteiger partial charge in [0.2, 0.25) is 10.0 Å². The largest absolute Gasteiger partial charge is 0.484 e. The highest BCUT2D eigenvalue weighted by atomic mass is 32.2. The molecule has 1 aliphatic rings. The van der Waals surface area contributed by atoms with Crippen molar-refractivity contribution in [2.75, 3.05) is 0 Å². The van der Waals surface area contributed by atoms with E-state index in [-0.39, 0.29) is 5.25 Å². The maximum absolute atomic E-state index is 12.8. The lowest BCUT2D eigenvalue weighted by molar-refractivity contribution is 0.119. The molecular weight excluding hydrogens is 446 g/mol. The molecule has 0 unspecified atom stereocenters. The number of sulfonamides is 1. The molecule has 7 heteroatoms. The van der Waals surface area contributed by atoms with Crippen LogP contribution in [0.25, 0.3) is 16.6 Å². The summed E-state index contributed by atoms with van der Waals surface area (Å²) >= 11 is 0. The van der Waals surface area contributed by atoms with E-state index in [2.05, 4.69) is 28.9 Å². The molecule has 0 spiro atoms. The zero-order valence-corrected chi connectivity index (χ0v) is 20.4. The number of rotatable bonds is 8. The lowest BCUT2D eigenvalue weighted by Gasteiger charge is -2.35. The Labute approximate surface area is 200 Å². The molecule has 1 saturated carbocycles. The van der Waals surface area contributed by atoms with E-state index in [4.69, 9.17) is 4.74 Å². The van der Waals surface area contributed by atoms with E-state index in [1.54, 1.807) is 0 Å². The van der Waals surface area contributed by atoms with Gasteiger partial charge in [-0.05, 0) is 69.5 Å². The fourth-order valence-corrected chi connectivity index (χ4v) is 6.02. The van der Waals surface area contributed by atoms with E-state index < -0.39 is 21.7 Å². The average molecular weight is 476 g/mol. The minimum atomic E-state index is -3.40. The number of nitrogens with one attached hydrogen (secondary N) is 1. The van der Waals surface area contributed by atoms with Crippen LogP contribution in [-0.4, -0.2) is 29.0 Å². The Hall–Kier alpha value is -3.16. The van der Waals surface area contributed by atoms with Gasteiger partial charge in [-0.3, -0.25) is 0 Å². The average Bonchev–Trinajstić information content (AvgIpc) is 3.59. The van der Waals surface area contributed by atoms with Crippen molar-refractivity contribution < 1.29 is 13.2 Å². The van der Waals surface area contributed by atoms with Crippen molar-refractivity contribution in [3.05, 3.63) is 90.1 Å². The van der Waals surface area contributed by atoms with E-state index in [9.17, 15) is 8.42 Å². The summed E-state index contributed by atoms with van der Waals surface area (Å²) in [6, 6.07) is 23.8. The van der Waals surface area contributed by atoms with Gasteiger partial charge in [0.15, 0.2) is 0 Å². The monoisotopic (exact) mass is 475 g/mol. The van der Waals surface area contributed by atoms with Crippen LogP contribution in [0.2, 0.25) is 0 Å². The first-order chi connectivity index (χ1) is 16.2. The van der Waals surface area contributed by atoms with Gasteiger partial charge in [0.05, 0.1) is 28.2 Å². The van der Waals surface area contributed by atoms with Gasteiger partial charge in [0, 0.05) is 5.39 Å². The molecule has 1 aliphatic carbocycles. The normalized spacial score (nSPS) is 15.4. The number of ether oxygens (including phenoxy) is 1. The van der Waals surface area contributed by atoms with E-state index in [0.717, 1.165) is 22.2 Å². The molecular formula is C27H29N3O3S. The number of hydrogen-bond donors (Lipinski definition) is 1. The standard InChI is InChI=1S/C27H29N3O3S/c1-19-9-11-22(12-10-19)30-25-16-13-23(17-21(25)18-28-30)33-26(20-7-5-4-6-8-20)27(2,3)29-34(31,32)24-14-15-24/h4-13,16-18,24,26,29H,14-15H2,1-3H3/t26-/m1/s1. The summed E-state index contributed by atoms with van der Waals surface area (Å²) in [6.07, 6.45) is 2.72. The number of benzene rings is 3. The maximum atomic E-state index is 12.8. The minimum Gasteiger partial charge on any atom is -0.484 e. The van der Waals surface area contributed by atoms with Crippen molar-refractivity contribution in [2.45, 2.75) is 50.5 Å². The number of aryl methyl sites for hydroxylation is 1. The van der Waals surface area contributed by atoms with Crippen LogP contribution in [0.15, 0.2) is 79.0 Å². The first-order valence-electron chi connectivity index (χ1n) is 11.5. The molecule has 0 saturated heterocycles. The molecule has 3 aromatic carbocycles. The Morgan fingerprint density at radius 2 is 1.74 bits per heavy atom. The van der Waals surface area contributed by atoms with E-state index in [1.807, 2.05) is 85.4 Å². The van der Waals surface area contributed by atoms with Crippen LogP contribution in [0.1, 0.15) is 43.9 Å². The van der Waals surface area contributed by atoms with Gasteiger partial charge in [0.25, 0.3) is 0 Å². The SMILES string of the molecule is Cc1ccc(-n2ncc3cc(O[C@H](c4ccccc4)C(C)(C)NS(=O)(=O)C4CC4)ccc32)cc1. The van der Waals surface area contributed by atoms with Gasteiger partial charge in [-0.1, -0.05) is 48.0 Å². The van der Waals surface area contributed by atoms with Gasteiger partial charge in [0.1, 0.15) is 11.9 Å². The second-order valence-electron chi connectivity index (χ2n) is 9.59. The molecule has 0 amide bonds. The van der Waals surface area contributed by atoms with E-state index in [0.29, 0.717) is 18.6 Å². The molecule has 1 atom stereocenters. The molecule has 5 rings (SSSR count). The molecule has 1 aromatic heterocycles. The van der Waals surface area contributed by atoms with Crippen LogP contribution in [0.5, 0.6) is 5.75 Å². The summed E-state index contributed by atoms with van der Waals surface area (Å²) in [4.78, 5) is 0. The van der Waals surface area contributed by atoms with Crippen LogP contribution in [0, 0.1) is 6.92 Å². The number of hydrogen-bond acceptors (Lipinski definition) is 4. The summed E-state index contributed by atoms with van der Waals surface area (Å²) in [7, 11) is -3.40. The van der Waals surface area contributed by atoms with Crippen LogP contribution in [0.3, 0.4) is 0 Å². The summed E-state index contributed by atoms with van der Waals surface area (Å²) in [5.74, 6) is 0.656. The molecule has 1 fully saturated rings. The topological polar surface area (TPSA) is 73.2 Å². The van der Waals surface area contributed by atoms with Gasteiger partial charge >= 0.3 is 0 Å². The van der Waals surface area contributed by atoms with Crippen molar-refractivity contribution in [1.29, 1.82) is 0 Å². The van der Waals surface area contributed by atoms with Crippen molar-refractivity contribution in [3.63, 3.8) is 0 Å². The third-order valence-corrected chi connectivity index (χ3v) is 8.36. The Morgan fingerprint density at radius 1 is 1.03 bits per heavy atom. The molecule has 6 nitrogen and oxygen atoms in total. The van der Waals surface area contributed by atoms with Crippen LogP contribution >= 0.6 is 0 Å². The number of aromatic nitrogens is 2. The second-order valence-corrected chi connectivity index (χ2v) is 11.6. The van der Waals surface area contributed by atoms with Gasteiger partial charge in [-0.2, -0.15) is 5.10 Å². The first kappa shape index (κ1) is 22.6. The fraction of sp³-hybridized carbons (Fsp3) is 0.296. The number of fused-ring (bicyclic) bond motifs is 1. The zero-order valence-electron chi connectivity index (χ0n) is 19.6. The minimum absolute atomic E-state index is 0.299. The van der Waals surface area contributed by atoms with E-state index >= 15 is 0 Å². The predicted molar refractivity (Wildman–Crippen MR) is 135 cm³/mol. The lowest BCUT2D eigenvalue weighted by atomic mass is 9.92. The third kappa shape index (κ3) is 4.58. The highest BCUT2D eigenvalue weighted by Gasteiger charge is 2.43. The Balaban J connectivity index is 1.47. The Morgan fingerprint density at radius 3 is 2.41 bits per heavy atom. The smallest absolute Gasteiger partial charge is 0.215 e. The summed E-state index contributed by atoms with van der Waals surface area (Å²) in [5, 5.41) is 5.21.